The monoisotopic (exact) mass is 467 g/mol. The van der Waals surface area contributed by atoms with Crippen LogP contribution in [0.5, 0.6) is 0 Å². The first-order chi connectivity index (χ1) is 16.4. The molecule has 0 bridgehead atoms. The van der Waals surface area contributed by atoms with Crippen LogP contribution in [0.3, 0.4) is 0 Å². The molecule has 1 aromatic heterocycles. The molecule has 10 nitrogen and oxygen atoms in total. The maximum Gasteiger partial charge on any atom is 0.338 e. The molecule has 0 radical (unpaired) electrons. The number of ether oxygens (including phenoxy) is 2. The van der Waals surface area contributed by atoms with E-state index in [1.54, 1.807) is 19.9 Å². The molecule has 2 aromatic rings. The molecule has 0 aliphatic carbocycles. The van der Waals surface area contributed by atoms with Crippen LogP contribution in [0.2, 0.25) is 0 Å². The van der Waals surface area contributed by atoms with Crippen LogP contribution in [0, 0.1) is 0 Å². The zero-order valence-corrected chi connectivity index (χ0v) is 18.8. The Bertz CT molecular complexity index is 1140. The zero-order chi connectivity index (χ0) is 24.2. The van der Waals surface area contributed by atoms with Crippen molar-refractivity contribution in [2.24, 2.45) is 0 Å². The Balaban J connectivity index is 1.57. The second-order valence-electron chi connectivity index (χ2n) is 7.94. The number of carbonyl (C=O) groups excluding carboxylic acids is 4. The Morgan fingerprint density at radius 2 is 1.88 bits per heavy atom. The summed E-state index contributed by atoms with van der Waals surface area (Å²) in [6.07, 6.45) is 1.65. The number of hydrogen-bond donors (Lipinski definition) is 2. The molecule has 1 aromatic carbocycles. The molecule has 3 heterocycles. The topological polar surface area (TPSA) is 127 Å². The van der Waals surface area contributed by atoms with Crippen LogP contribution in [0.25, 0.3) is 0 Å². The second kappa shape index (κ2) is 9.82. The number of fused-ring (bicyclic) bond motifs is 1. The number of nitrogens with zero attached hydrogens (tertiary/aromatic N) is 1. The van der Waals surface area contributed by atoms with Gasteiger partial charge in [-0.3, -0.25) is 4.79 Å². The van der Waals surface area contributed by atoms with Gasteiger partial charge in [0.05, 0.1) is 30.2 Å². The Morgan fingerprint density at radius 1 is 1.12 bits per heavy atom. The van der Waals surface area contributed by atoms with E-state index in [0.29, 0.717) is 0 Å². The number of carbonyl (C=O) groups is 4. The Labute approximate surface area is 195 Å². The molecule has 34 heavy (non-hydrogen) atoms. The molecule has 2 aliphatic heterocycles. The van der Waals surface area contributed by atoms with Crippen molar-refractivity contribution in [1.29, 1.82) is 0 Å². The third kappa shape index (κ3) is 4.66. The van der Waals surface area contributed by atoms with Gasteiger partial charge in [-0.25, -0.2) is 14.4 Å². The molecular formula is C24H25N3O7. The third-order valence-electron chi connectivity index (χ3n) is 5.74. The molecule has 0 saturated carbocycles. The van der Waals surface area contributed by atoms with E-state index in [2.05, 4.69) is 10.6 Å². The van der Waals surface area contributed by atoms with E-state index in [-0.39, 0.29) is 43.2 Å². The molecule has 0 fully saturated rings. The highest BCUT2D eigenvalue weighted by atomic mass is 16.5. The highest BCUT2D eigenvalue weighted by Gasteiger charge is 2.38. The fraction of sp³-hybridized carbons (Fsp3) is 0.333. The molecule has 2 aliphatic rings. The standard InChI is InChI=1S/C24H25N3O7/c1-3-32-23(30)20-14(2)25-24(31)26-17(20)13-34-22(29)18-11-15-7-4-5-8-16(15)12-27(18)21(28)19-9-6-10-33-19/h4-10,14,18H,3,11-13H2,1-2H3,(H2,25,26,31). The average molecular weight is 467 g/mol. The minimum Gasteiger partial charge on any atom is -0.463 e. The van der Waals surface area contributed by atoms with Gasteiger partial charge in [0.25, 0.3) is 5.91 Å². The van der Waals surface area contributed by atoms with E-state index in [1.807, 2.05) is 24.3 Å². The summed E-state index contributed by atoms with van der Waals surface area (Å²) < 4.78 is 15.8. The predicted octanol–water partition coefficient (Wildman–Crippen LogP) is 1.91. The lowest BCUT2D eigenvalue weighted by Gasteiger charge is -2.35. The number of hydrogen-bond acceptors (Lipinski definition) is 7. The van der Waals surface area contributed by atoms with Crippen LogP contribution in [0.1, 0.15) is 35.5 Å². The summed E-state index contributed by atoms with van der Waals surface area (Å²) in [6, 6.07) is 8.63. The van der Waals surface area contributed by atoms with Crippen molar-refractivity contribution in [2.75, 3.05) is 13.2 Å². The fourth-order valence-corrected chi connectivity index (χ4v) is 4.12. The summed E-state index contributed by atoms with van der Waals surface area (Å²) in [5, 5.41) is 5.11. The van der Waals surface area contributed by atoms with Gasteiger partial charge in [0.15, 0.2) is 5.76 Å². The van der Waals surface area contributed by atoms with Gasteiger partial charge in [0.2, 0.25) is 0 Å². The van der Waals surface area contributed by atoms with E-state index in [1.165, 1.54) is 17.2 Å². The number of urea groups is 1. The molecule has 2 atom stereocenters. The molecule has 10 heteroatoms. The van der Waals surface area contributed by atoms with Crippen LogP contribution >= 0.6 is 0 Å². The summed E-state index contributed by atoms with van der Waals surface area (Å²) >= 11 is 0. The van der Waals surface area contributed by atoms with Crippen molar-refractivity contribution in [3.05, 3.63) is 70.8 Å². The minimum atomic E-state index is -0.908. The van der Waals surface area contributed by atoms with Crippen molar-refractivity contribution in [3.8, 4) is 0 Å². The Morgan fingerprint density at radius 3 is 2.59 bits per heavy atom. The SMILES string of the molecule is CCOC(=O)C1=C(COC(=O)C2Cc3ccccc3CN2C(=O)c2ccco2)NC(=O)NC1C. The van der Waals surface area contributed by atoms with E-state index < -0.39 is 36.0 Å². The van der Waals surface area contributed by atoms with Crippen molar-refractivity contribution in [3.63, 3.8) is 0 Å². The van der Waals surface area contributed by atoms with Gasteiger partial charge in [-0.1, -0.05) is 24.3 Å². The van der Waals surface area contributed by atoms with E-state index in [4.69, 9.17) is 13.9 Å². The van der Waals surface area contributed by atoms with Crippen molar-refractivity contribution < 1.29 is 33.1 Å². The molecule has 2 N–H and O–H groups in total. The maximum absolute atomic E-state index is 13.2. The number of furan rings is 1. The smallest absolute Gasteiger partial charge is 0.338 e. The number of esters is 2. The van der Waals surface area contributed by atoms with Gasteiger partial charge >= 0.3 is 18.0 Å². The summed E-state index contributed by atoms with van der Waals surface area (Å²) in [5.74, 6) is -1.60. The second-order valence-corrected chi connectivity index (χ2v) is 7.94. The highest BCUT2D eigenvalue weighted by molar-refractivity contribution is 5.96. The summed E-state index contributed by atoms with van der Waals surface area (Å²) in [5.41, 5.74) is 2.18. The first-order valence-corrected chi connectivity index (χ1v) is 10.9. The molecular weight excluding hydrogens is 442 g/mol. The van der Waals surface area contributed by atoms with Gasteiger partial charge in [0, 0.05) is 13.0 Å². The predicted molar refractivity (Wildman–Crippen MR) is 118 cm³/mol. The fourth-order valence-electron chi connectivity index (χ4n) is 4.12. The zero-order valence-electron chi connectivity index (χ0n) is 18.8. The Kier molecular flexibility index (Phi) is 6.67. The number of benzene rings is 1. The first kappa shape index (κ1) is 23.1. The largest absolute Gasteiger partial charge is 0.463 e. The van der Waals surface area contributed by atoms with Gasteiger partial charge in [0.1, 0.15) is 12.6 Å². The lowest BCUT2D eigenvalue weighted by Crippen LogP contribution is -2.51. The molecule has 2 unspecified atom stereocenters. The van der Waals surface area contributed by atoms with Crippen molar-refractivity contribution in [2.45, 2.75) is 38.9 Å². The van der Waals surface area contributed by atoms with Gasteiger partial charge in [-0.2, -0.15) is 0 Å². The summed E-state index contributed by atoms with van der Waals surface area (Å²) in [4.78, 5) is 52.0. The molecule has 3 amide bonds. The lowest BCUT2D eigenvalue weighted by molar-refractivity contribution is -0.149. The molecule has 4 rings (SSSR count). The van der Waals surface area contributed by atoms with Crippen LogP contribution in [-0.2, 0) is 32.0 Å². The summed E-state index contributed by atoms with van der Waals surface area (Å²) in [6.45, 7) is 3.31. The van der Waals surface area contributed by atoms with Gasteiger partial charge in [-0.15, -0.1) is 0 Å². The average Bonchev–Trinajstić information content (AvgIpc) is 3.36. The maximum atomic E-state index is 13.2. The number of rotatable bonds is 6. The van der Waals surface area contributed by atoms with Gasteiger partial charge < -0.3 is 29.4 Å². The van der Waals surface area contributed by atoms with Gasteiger partial charge in [-0.05, 0) is 37.1 Å². The summed E-state index contributed by atoms with van der Waals surface area (Å²) in [7, 11) is 0. The molecule has 0 saturated heterocycles. The van der Waals surface area contributed by atoms with Crippen LogP contribution in [0.15, 0.2) is 58.3 Å². The number of amides is 3. The molecule has 178 valence electrons. The van der Waals surface area contributed by atoms with E-state index >= 15 is 0 Å². The quantitative estimate of drug-likeness (QED) is 0.621. The third-order valence-corrected chi connectivity index (χ3v) is 5.74. The highest BCUT2D eigenvalue weighted by Crippen LogP contribution is 2.26. The number of nitrogens with one attached hydrogen (secondary N) is 2. The van der Waals surface area contributed by atoms with Crippen LogP contribution in [0.4, 0.5) is 4.79 Å². The molecule has 0 spiro atoms. The van der Waals surface area contributed by atoms with Crippen molar-refractivity contribution >= 4 is 23.9 Å². The van der Waals surface area contributed by atoms with E-state index in [0.717, 1.165) is 11.1 Å². The normalized spacial score (nSPS) is 19.6. The van der Waals surface area contributed by atoms with Crippen molar-refractivity contribution in [1.82, 2.24) is 15.5 Å². The minimum absolute atomic E-state index is 0.115. The lowest BCUT2D eigenvalue weighted by atomic mass is 9.93. The Hall–Kier alpha value is -4.08. The first-order valence-electron chi connectivity index (χ1n) is 10.9. The van der Waals surface area contributed by atoms with Crippen LogP contribution < -0.4 is 10.6 Å². The van der Waals surface area contributed by atoms with Crippen LogP contribution in [-0.4, -0.2) is 54.1 Å². The van der Waals surface area contributed by atoms with E-state index in [9.17, 15) is 19.2 Å².